The number of para-hydroxylation sites is 2. The van der Waals surface area contributed by atoms with E-state index in [1.807, 2.05) is 0 Å². The number of anilines is 2. The summed E-state index contributed by atoms with van der Waals surface area (Å²) in [7, 11) is -3.66. The number of thiophene rings is 2. The molecule has 5 nitrogen and oxygen atoms in total. The third kappa shape index (κ3) is 3.61. The molecule has 8 heteroatoms. The van der Waals surface area contributed by atoms with E-state index in [0.29, 0.717) is 16.3 Å². The van der Waals surface area contributed by atoms with Crippen LogP contribution in [-0.4, -0.2) is 14.3 Å². The Labute approximate surface area is 141 Å². The number of sulfonamides is 1. The highest BCUT2D eigenvalue weighted by atomic mass is 32.2. The molecule has 0 fully saturated rings. The molecular formula is C15H12N2O3S3. The summed E-state index contributed by atoms with van der Waals surface area (Å²) in [6.45, 7) is 0. The van der Waals surface area contributed by atoms with Gasteiger partial charge < -0.3 is 5.32 Å². The maximum absolute atomic E-state index is 12.3. The molecule has 23 heavy (non-hydrogen) atoms. The van der Waals surface area contributed by atoms with E-state index in [9.17, 15) is 13.2 Å². The zero-order valence-electron chi connectivity index (χ0n) is 11.7. The van der Waals surface area contributed by atoms with Crippen molar-refractivity contribution < 1.29 is 13.2 Å². The Hall–Kier alpha value is -2.16. The number of hydrogen-bond donors (Lipinski definition) is 2. The second kappa shape index (κ2) is 6.53. The molecule has 0 saturated heterocycles. The predicted octanol–water partition coefficient (Wildman–Crippen LogP) is 3.86. The van der Waals surface area contributed by atoms with Gasteiger partial charge in [-0.15, -0.1) is 22.7 Å². The maximum atomic E-state index is 12.3. The molecule has 3 aromatic rings. The van der Waals surface area contributed by atoms with Crippen LogP contribution >= 0.6 is 22.7 Å². The van der Waals surface area contributed by atoms with E-state index in [1.165, 1.54) is 17.4 Å². The third-order valence-electron chi connectivity index (χ3n) is 2.92. The topological polar surface area (TPSA) is 75.3 Å². The van der Waals surface area contributed by atoms with Gasteiger partial charge in [0.1, 0.15) is 4.21 Å². The zero-order chi connectivity index (χ0) is 16.3. The van der Waals surface area contributed by atoms with Crippen molar-refractivity contribution in [1.29, 1.82) is 0 Å². The average molecular weight is 364 g/mol. The summed E-state index contributed by atoms with van der Waals surface area (Å²) in [4.78, 5) is 12.7. The lowest BCUT2D eigenvalue weighted by Crippen LogP contribution is -2.16. The molecular weight excluding hydrogens is 352 g/mol. The van der Waals surface area contributed by atoms with Crippen LogP contribution in [0.1, 0.15) is 9.67 Å². The van der Waals surface area contributed by atoms with Gasteiger partial charge in [0.25, 0.3) is 15.9 Å². The largest absolute Gasteiger partial charge is 0.319 e. The number of hydrogen-bond acceptors (Lipinski definition) is 5. The number of carbonyl (C=O) groups excluding carboxylic acids is 1. The molecule has 0 spiro atoms. The second-order valence-electron chi connectivity index (χ2n) is 4.51. The lowest BCUT2D eigenvalue weighted by atomic mass is 10.2. The molecule has 0 aliphatic heterocycles. The highest BCUT2D eigenvalue weighted by Gasteiger charge is 2.18. The normalized spacial score (nSPS) is 11.1. The predicted molar refractivity (Wildman–Crippen MR) is 93.8 cm³/mol. The van der Waals surface area contributed by atoms with Crippen LogP contribution in [0.15, 0.2) is 63.5 Å². The van der Waals surface area contributed by atoms with Crippen molar-refractivity contribution in [2.24, 2.45) is 0 Å². The van der Waals surface area contributed by atoms with Crippen LogP contribution in [0.5, 0.6) is 0 Å². The SMILES string of the molecule is O=C(Nc1ccccc1NS(=O)(=O)c1cccs1)c1cccs1. The highest BCUT2D eigenvalue weighted by Crippen LogP contribution is 2.26. The van der Waals surface area contributed by atoms with E-state index < -0.39 is 10.0 Å². The first-order chi connectivity index (χ1) is 11.1. The van der Waals surface area contributed by atoms with Crippen LogP contribution in [0.2, 0.25) is 0 Å². The van der Waals surface area contributed by atoms with Crippen molar-refractivity contribution >= 4 is 50.0 Å². The van der Waals surface area contributed by atoms with E-state index in [0.717, 1.165) is 11.3 Å². The van der Waals surface area contributed by atoms with Gasteiger partial charge in [-0.25, -0.2) is 8.42 Å². The van der Waals surface area contributed by atoms with Crippen LogP contribution in [-0.2, 0) is 10.0 Å². The van der Waals surface area contributed by atoms with Gasteiger partial charge in [-0.3, -0.25) is 9.52 Å². The standard InChI is InChI=1S/C15H12N2O3S3/c18-15(13-7-3-9-21-13)16-11-5-1-2-6-12(11)17-23(19,20)14-8-4-10-22-14/h1-10,17H,(H,16,18). The van der Waals surface area contributed by atoms with E-state index in [2.05, 4.69) is 10.0 Å². The van der Waals surface area contributed by atoms with Crippen molar-refractivity contribution in [2.45, 2.75) is 4.21 Å². The Morgan fingerprint density at radius 1 is 0.870 bits per heavy atom. The van der Waals surface area contributed by atoms with E-state index in [-0.39, 0.29) is 10.1 Å². The van der Waals surface area contributed by atoms with Gasteiger partial charge in [-0.05, 0) is 35.0 Å². The lowest BCUT2D eigenvalue weighted by molar-refractivity contribution is 0.103. The third-order valence-corrected chi connectivity index (χ3v) is 6.56. The average Bonchev–Trinajstić information content (AvgIpc) is 3.23. The summed E-state index contributed by atoms with van der Waals surface area (Å²) in [5.41, 5.74) is 0.733. The summed E-state index contributed by atoms with van der Waals surface area (Å²) in [6, 6.07) is 13.4. The molecule has 0 aliphatic rings. The molecule has 2 N–H and O–H groups in total. The summed E-state index contributed by atoms with van der Waals surface area (Å²) in [5, 5.41) is 6.23. The summed E-state index contributed by atoms with van der Waals surface area (Å²) in [5.74, 6) is -0.275. The first kappa shape index (κ1) is 15.7. The first-order valence-electron chi connectivity index (χ1n) is 6.56. The minimum absolute atomic E-state index is 0.219. The highest BCUT2D eigenvalue weighted by molar-refractivity contribution is 7.94. The van der Waals surface area contributed by atoms with Crippen LogP contribution in [0.3, 0.4) is 0 Å². The monoisotopic (exact) mass is 364 g/mol. The van der Waals surface area contributed by atoms with Crippen molar-refractivity contribution in [3.05, 3.63) is 64.2 Å². The van der Waals surface area contributed by atoms with Crippen LogP contribution in [0.25, 0.3) is 0 Å². The van der Waals surface area contributed by atoms with Crippen molar-refractivity contribution in [3.63, 3.8) is 0 Å². The summed E-state index contributed by atoms with van der Waals surface area (Å²) >= 11 is 2.45. The molecule has 0 radical (unpaired) electrons. The first-order valence-corrected chi connectivity index (χ1v) is 9.81. The number of carbonyl (C=O) groups is 1. The fraction of sp³-hybridized carbons (Fsp3) is 0. The molecule has 0 saturated carbocycles. The number of benzene rings is 1. The minimum atomic E-state index is -3.66. The molecule has 1 aromatic carbocycles. The van der Waals surface area contributed by atoms with Gasteiger partial charge in [0.15, 0.2) is 0 Å². The van der Waals surface area contributed by atoms with Crippen molar-refractivity contribution in [2.75, 3.05) is 10.0 Å². The second-order valence-corrected chi connectivity index (χ2v) is 8.32. The molecule has 1 amide bonds. The quantitative estimate of drug-likeness (QED) is 0.722. The molecule has 0 atom stereocenters. The van der Waals surface area contributed by atoms with Crippen LogP contribution < -0.4 is 10.0 Å². The molecule has 0 bridgehead atoms. The number of amides is 1. The smallest absolute Gasteiger partial charge is 0.271 e. The van der Waals surface area contributed by atoms with Gasteiger partial charge in [0.05, 0.1) is 16.3 Å². The zero-order valence-corrected chi connectivity index (χ0v) is 14.2. The molecule has 2 aromatic heterocycles. The lowest BCUT2D eigenvalue weighted by Gasteiger charge is -2.12. The molecule has 3 rings (SSSR count). The Kier molecular flexibility index (Phi) is 4.46. The van der Waals surface area contributed by atoms with Crippen LogP contribution in [0.4, 0.5) is 11.4 Å². The van der Waals surface area contributed by atoms with Gasteiger partial charge in [-0.1, -0.05) is 24.3 Å². The van der Waals surface area contributed by atoms with E-state index >= 15 is 0 Å². The molecule has 0 aliphatic carbocycles. The van der Waals surface area contributed by atoms with Crippen molar-refractivity contribution in [3.8, 4) is 0 Å². The molecule has 118 valence electrons. The Bertz CT molecular complexity index is 901. The summed E-state index contributed by atoms with van der Waals surface area (Å²) in [6.07, 6.45) is 0. The fourth-order valence-electron chi connectivity index (χ4n) is 1.88. The molecule has 2 heterocycles. The molecule has 0 unspecified atom stereocenters. The fourth-order valence-corrected chi connectivity index (χ4v) is 4.58. The van der Waals surface area contributed by atoms with Gasteiger partial charge in [0, 0.05) is 0 Å². The van der Waals surface area contributed by atoms with Crippen LogP contribution in [0, 0.1) is 0 Å². The Balaban J connectivity index is 1.85. The van der Waals surface area contributed by atoms with E-state index in [4.69, 9.17) is 0 Å². The van der Waals surface area contributed by atoms with Gasteiger partial charge in [0.2, 0.25) is 0 Å². The Morgan fingerprint density at radius 3 is 2.22 bits per heavy atom. The van der Waals surface area contributed by atoms with E-state index in [1.54, 1.807) is 53.2 Å². The number of rotatable bonds is 5. The van der Waals surface area contributed by atoms with Gasteiger partial charge in [-0.2, -0.15) is 0 Å². The maximum Gasteiger partial charge on any atom is 0.271 e. The Morgan fingerprint density at radius 2 is 1.57 bits per heavy atom. The minimum Gasteiger partial charge on any atom is -0.319 e. The van der Waals surface area contributed by atoms with Crippen molar-refractivity contribution in [1.82, 2.24) is 0 Å². The summed E-state index contributed by atoms with van der Waals surface area (Å²) < 4.78 is 27.4. The number of nitrogens with one attached hydrogen (secondary N) is 2. The van der Waals surface area contributed by atoms with Gasteiger partial charge >= 0.3 is 0 Å².